The van der Waals surface area contributed by atoms with Crippen molar-refractivity contribution < 1.29 is 18.3 Å². The molecule has 0 spiro atoms. The lowest BCUT2D eigenvalue weighted by atomic mass is 10.2. The zero-order valence-corrected chi connectivity index (χ0v) is 14.1. The number of imidazole rings is 1. The molecule has 0 aromatic carbocycles. The van der Waals surface area contributed by atoms with Gasteiger partial charge in [-0.1, -0.05) is 0 Å². The van der Waals surface area contributed by atoms with Crippen LogP contribution in [-0.4, -0.2) is 44.9 Å². The minimum Gasteiger partial charge on any atom is -0.382 e. The fraction of sp³-hybridized carbons (Fsp3) is 0.583. The van der Waals surface area contributed by atoms with E-state index in [9.17, 15) is 0 Å². The largest absolute Gasteiger partial charge is 0.382 e. The maximum Gasteiger partial charge on any atom is 0.327 e. The summed E-state index contributed by atoms with van der Waals surface area (Å²) in [7, 11) is 0. The molecule has 2 aromatic heterocycles. The molecular weight excluding hydrogens is 341 g/mol. The van der Waals surface area contributed by atoms with Gasteiger partial charge in [0.25, 0.3) is 0 Å². The summed E-state index contributed by atoms with van der Waals surface area (Å²) in [6.07, 6.45) is 3.04. The monoisotopic (exact) mass is 357 g/mol. The van der Waals surface area contributed by atoms with E-state index in [-0.39, 0.29) is 18.4 Å². The summed E-state index contributed by atoms with van der Waals surface area (Å²) in [5, 5.41) is 0. The van der Waals surface area contributed by atoms with Crippen LogP contribution in [-0.2, 0) is 30.1 Å². The molecule has 23 heavy (non-hydrogen) atoms. The molecule has 2 aliphatic heterocycles. The quantitative estimate of drug-likeness (QED) is 0.815. The highest BCUT2D eigenvalue weighted by atomic mass is 32.5. The predicted molar refractivity (Wildman–Crippen MR) is 85.0 cm³/mol. The maximum atomic E-state index is 5.98. The second kappa shape index (κ2) is 5.73. The van der Waals surface area contributed by atoms with Gasteiger partial charge in [-0.3, -0.25) is 4.57 Å². The van der Waals surface area contributed by atoms with E-state index in [0.717, 1.165) is 0 Å². The Bertz CT molecular complexity index is 776. The molecular formula is C12H16N5O4PS. The Labute approximate surface area is 137 Å². The summed E-state index contributed by atoms with van der Waals surface area (Å²) in [6.45, 7) is 0.257. The molecule has 9 nitrogen and oxygen atoms in total. The normalized spacial score (nSPS) is 30.2. The number of nitrogens with zero attached hydrogens (tertiary/aromatic N) is 4. The van der Waals surface area contributed by atoms with Gasteiger partial charge in [0.2, 0.25) is 0 Å². The van der Waals surface area contributed by atoms with Crippen LogP contribution in [0, 0.1) is 0 Å². The SMILES string of the molecule is C[C@H]1O[C@@H](n2cnc3c(N)ncnc32)C[C@@H]1OP1(=S)OCCO1. The third-order valence-corrected chi connectivity index (χ3v) is 6.29. The highest BCUT2D eigenvalue weighted by Crippen LogP contribution is 2.56. The van der Waals surface area contributed by atoms with Crippen LogP contribution < -0.4 is 5.73 Å². The molecule has 124 valence electrons. The van der Waals surface area contributed by atoms with Gasteiger partial charge in [0.15, 0.2) is 11.5 Å². The van der Waals surface area contributed by atoms with Crippen LogP contribution >= 0.6 is 6.72 Å². The van der Waals surface area contributed by atoms with Gasteiger partial charge in [-0.05, 0) is 18.7 Å². The molecule has 0 amide bonds. The van der Waals surface area contributed by atoms with E-state index in [0.29, 0.717) is 36.6 Å². The van der Waals surface area contributed by atoms with Gasteiger partial charge in [0.1, 0.15) is 18.1 Å². The number of ether oxygens (including phenoxy) is 1. The van der Waals surface area contributed by atoms with Gasteiger partial charge >= 0.3 is 6.72 Å². The van der Waals surface area contributed by atoms with Crippen molar-refractivity contribution in [2.24, 2.45) is 0 Å². The van der Waals surface area contributed by atoms with Crippen LogP contribution in [0.5, 0.6) is 0 Å². The summed E-state index contributed by atoms with van der Waals surface area (Å²) in [4.78, 5) is 12.4. The number of fused-ring (bicyclic) bond motifs is 1. The van der Waals surface area contributed by atoms with Crippen LogP contribution in [0.15, 0.2) is 12.7 Å². The van der Waals surface area contributed by atoms with Crippen molar-refractivity contribution in [1.29, 1.82) is 0 Å². The van der Waals surface area contributed by atoms with E-state index in [1.807, 2.05) is 11.5 Å². The van der Waals surface area contributed by atoms with Gasteiger partial charge < -0.3 is 24.0 Å². The lowest BCUT2D eigenvalue weighted by Crippen LogP contribution is -2.19. The maximum absolute atomic E-state index is 5.98. The fourth-order valence-electron chi connectivity index (χ4n) is 2.73. The molecule has 0 unspecified atom stereocenters. The van der Waals surface area contributed by atoms with E-state index < -0.39 is 6.72 Å². The van der Waals surface area contributed by atoms with Crippen molar-refractivity contribution in [2.75, 3.05) is 18.9 Å². The van der Waals surface area contributed by atoms with Crippen LogP contribution in [0.4, 0.5) is 5.82 Å². The summed E-state index contributed by atoms with van der Waals surface area (Å²) >= 11 is 5.32. The lowest BCUT2D eigenvalue weighted by molar-refractivity contribution is -0.00416. The van der Waals surface area contributed by atoms with Crippen molar-refractivity contribution in [2.45, 2.75) is 31.8 Å². The highest BCUT2D eigenvalue weighted by Gasteiger charge is 2.40. The molecule has 4 heterocycles. The second-order valence-corrected chi connectivity index (χ2v) is 8.34. The average Bonchev–Trinajstić information content (AvgIpc) is 3.20. The van der Waals surface area contributed by atoms with Crippen molar-refractivity contribution in [3.05, 3.63) is 12.7 Å². The first kappa shape index (κ1) is 15.4. The Hall–Kier alpha value is -1.16. The first-order valence-corrected chi connectivity index (χ1v) is 9.77. The Kier molecular flexibility index (Phi) is 3.83. The summed E-state index contributed by atoms with van der Waals surface area (Å²) in [6, 6.07) is 0. The van der Waals surface area contributed by atoms with Crippen LogP contribution in [0.25, 0.3) is 11.2 Å². The van der Waals surface area contributed by atoms with E-state index >= 15 is 0 Å². The number of hydrogen-bond donors (Lipinski definition) is 1. The molecule has 2 saturated heterocycles. The smallest absolute Gasteiger partial charge is 0.327 e. The van der Waals surface area contributed by atoms with Gasteiger partial charge in [-0.2, -0.15) is 0 Å². The highest BCUT2D eigenvalue weighted by molar-refractivity contribution is 8.07. The predicted octanol–water partition coefficient (Wildman–Crippen LogP) is 1.37. The first-order valence-electron chi connectivity index (χ1n) is 7.22. The zero-order chi connectivity index (χ0) is 16.0. The third kappa shape index (κ3) is 2.75. The van der Waals surface area contributed by atoms with Gasteiger partial charge in [-0.15, -0.1) is 0 Å². The Morgan fingerprint density at radius 1 is 1.35 bits per heavy atom. The van der Waals surface area contributed by atoms with Crippen molar-refractivity contribution >= 4 is 35.5 Å². The lowest BCUT2D eigenvalue weighted by Gasteiger charge is -2.20. The van der Waals surface area contributed by atoms with E-state index in [2.05, 4.69) is 15.0 Å². The van der Waals surface area contributed by atoms with E-state index in [1.165, 1.54) is 6.33 Å². The van der Waals surface area contributed by atoms with Gasteiger partial charge in [0, 0.05) is 6.42 Å². The number of nitrogen functional groups attached to an aromatic ring is 1. The fourth-order valence-corrected chi connectivity index (χ4v) is 4.89. The molecule has 2 aromatic rings. The van der Waals surface area contributed by atoms with Crippen LogP contribution in [0.1, 0.15) is 19.6 Å². The van der Waals surface area contributed by atoms with Crippen molar-refractivity contribution in [3.8, 4) is 0 Å². The summed E-state index contributed by atoms with van der Waals surface area (Å²) in [5.41, 5.74) is 7.00. The molecule has 2 fully saturated rings. The van der Waals surface area contributed by atoms with Crippen molar-refractivity contribution in [1.82, 2.24) is 19.5 Å². The number of anilines is 1. The molecule has 2 N–H and O–H groups in total. The summed E-state index contributed by atoms with van der Waals surface area (Å²) in [5.74, 6) is 0.343. The summed E-state index contributed by atoms with van der Waals surface area (Å²) < 4.78 is 24.6. The Balaban J connectivity index is 1.56. The standard InChI is InChI=1S/C12H16N5O4PS/c1-7-8(21-22(23)18-2-3-19-22)4-9(20-7)17-6-16-10-11(13)14-5-15-12(10)17/h5-9H,2-4H2,1H3,(H2,13,14,15)/t7-,8+,9-/m1/s1. The molecule has 11 heteroatoms. The minimum atomic E-state index is -2.63. The Morgan fingerprint density at radius 2 is 2.13 bits per heavy atom. The molecule has 2 aliphatic rings. The van der Waals surface area contributed by atoms with Crippen LogP contribution in [0.3, 0.4) is 0 Å². The first-order chi connectivity index (χ1) is 11.1. The average molecular weight is 357 g/mol. The topological polar surface area (TPSA) is 107 Å². The number of aromatic nitrogens is 4. The van der Waals surface area contributed by atoms with Crippen molar-refractivity contribution in [3.63, 3.8) is 0 Å². The van der Waals surface area contributed by atoms with Gasteiger partial charge in [-0.25, -0.2) is 15.0 Å². The molecule has 0 bridgehead atoms. The van der Waals surface area contributed by atoms with Crippen LogP contribution in [0.2, 0.25) is 0 Å². The Morgan fingerprint density at radius 3 is 2.91 bits per heavy atom. The van der Waals surface area contributed by atoms with E-state index in [4.69, 9.17) is 35.8 Å². The molecule has 0 radical (unpaired) electrons. The molecule has 3 atom stereocenters. The third-order valence-electron chi connectivity index (χ3n) is 3.87. The van der Waals surface area contributed by atoms with Gasteiger partial charge in [0.05, 0.1) is 31.7 Å². The number of nitrogens with two attached hydrogens (primary N) is 1. The number of rotatable bonds is 3. The molecule has 4 rings (SSSR count). The van der Waals surface area contributed by atoms with E-state index in [1.54, 1.807) is 6.33 Å². The second-order valence-electron chi connectivity index (χ2n) is 5.37. The minimum absolute atomic E-state index is 0.149. The molecule has 0 saturated carbocycles. The number of hydrogen-bond acceptors (Lipinski definition) is 9. The molecule has 0 aliphatic carbocycles. The zero-order valence-electron chi connectivity index (χ0n) is 12.4.